The Bertz CT molecular complexity index is 1330. The molecule has 0 bridgehead atoms. The fourth-order valence-electron chi connectivity index (χ4n) is 3.50. The van der Waals surface area contributed by atoms with Crippen LogP contribution in [-0.4, -0.2) is 26.7 Å². The minimum absolute atomic E-state index is 0.714. The zero-order chi connectivity index (χ0) is 20.5. The molecule has 0 aliphatic carbocycles. The molecule has 0 aliphatic heterocycles. The van der Waals surface area contributed by atoms with Crippen molar-refractivity contribution in [3.8, 4) is 39.4 Å². The number of fused-ring (bicyclic) bond motifs is 1. The van der Waals surface area contributed by atoms with Crippen molar-refractivity contribution in [2.75, 3.05) is 7.11 Å². The lowest BCUT2D eigenvalue weighted by Crippen LogP contribution is -2.23. The van der Waals surface area contributed by atoms with Gasteiger partial charge in [-0.3, -0.25) is 4.98 Å². The van der Waals surface area contributed by atoms with Crippen LogP contribution in [-0.2, 0) is 0 Å². The second-order valence-corrected chi connectivity index (χ2v) is 6.70. The average molecular weight is 395 g/mol. The van der Waals surface area contributed by atoms with E-state index in [1.165, 1.54) is 12.4 Å². The van der Waals surface area contributed by atoms with Gasteiger partial charge in [-0.1, -0.05) is 12.1 Å². The standard InChI is InChI=1S/C23H17N5O2/c1-30-19-4-2-3-18(15-19)21-22(17-5-10-24-11-6-17)26-28-20(7-12-25-23(21)28)16-8-13-27(29)14-9-16/h2-15H,1H3. The fourth-order valence-corrected chi connectivity index (χ4v) is 3.50. The molecule has 0 fully saturated rings. The van der Waals surface area contributed by atoms with E-state index in [9.17, 15) is 5.21 Å². The van der Waals surface area contributed by atoms with Crippen LogP contribution in [0.1, 0.15) is 0 Å². The molecule has 0 unspecified atom stereocenters. The van der Waals surface area contributed by atoms with Crippen molar-refractivity contribution < 1.29 is 9.47 Å². The highest BCUT2D eigenvalue weighted by Crippen LogP contribution is 2.36. The molecule has 0 radical (unpaired) electrons. The van der Waals surface area contributed by atoms with E-state index in [0.717, 1.165) is 44.1 Å². The second-order valence-electron chi connectivity index (χ2n) is 6.70. The van der Waals surface area contributed by atoms with Gasteiger partial charge in [0.1, 0.15) is 11.4 Å². The Kier molecular flexibility index (Phi) is 4.33. The third kappa shape index (κ3) is 3.02. The van der Waals surface area contributed by atoms with Gasteiger partial charge in [0, 0.05) is 41.9 Å². The lowest BCUT2D eigenvalue weighted by Gasteiger charge is -2.06. The molecule has 0 spiro atoms. The largest absolute Gasteiger partial charge is 0.619 e. The molecular formula is C23H17N5O2. The van der Waals surface area contributed by atoms with E-state index in [-0.39, 0.29) is 0 Å². The van der Waals surface area contributed by atoms with E-state index in [4.69, 9.17) is 9.84 Å². The Labute approximate surface area is 172 Å². The molecule has 4 heterocycles. The van der Waals surface area contributed by atoms with Gasteiger partial charge in [0.2, 0.25) is 0 Å². The maximum Gasteiger partial charge on any atom is 0.181 e. The first-order chi connectivity index (χ1) is 14.7. The summed E-state index contributed by atoms with van der Waals surface area (Å²) in [6, 6.07) is 17.1. The minimum Gasteiger partial charge on any atom is -0.619 e. The quantitative estimate of drug-likeness (QED) is 0.342. The average Bonchev–Trinajstić information content (AvgIpc) is 3.20. The summed E-state index contributed by atoms with van der Waals surface area (Å²) in [5.41, 5.74) is 6.00. The van der Waals surface area contributed by atoms with Gasteiger partial charge in [-0.2, -0.15) is 9.83 Å². The molecule has 1 aromatic carbocycles. The molecule has 0 N–H and O–H groups in total. The zero-order valence-corrected chi connectivity index (χ0v) is 16.1. The van der Waals surface area contributed by atoms with E-state index in [0.29, 0.717) is 5.65 Å². The summed E-state index contributed by atoms with van der Waals surface area (Å²) in [7, 11) is 1.65. The molecule has 4 aromatic heterocycles. The second kappa shape index (κ2) is 7.29. The van der Waals surface area contributed by atoms with Crippen LogP contribution in [0.5, 0.6) is 5.75 Å². The van der Waals surface area contributed by atoms with Gasteiger partial charge in [-0.25, -0.2) is 9.50 Å². The topological polar surface area (TPSA) is 79.2 Å². The summed E-state index contributed by atoms with van der Waals surface area (Å²) >= 11 is 0. The van der Waals surface area contributed by atoms with Gasteiger partial charge < -0.3 is 9.94 Å². The van der Waals surface area contributed by atoms with Crippen LogP contribution in [0.15, 0.2) is 85.6 Å². The molecule has 30 heavy (non-hydrogen) atoms. The molecule has 5 rings (SSSR count). The van der Waals surface area contributed by atoms with Crippen molar-refractivity contribution in [3.63, 3.8) is 0 Å². The van der Waals surface area contributed by atoms with Crippen LogP contribution in [0.3, 0.4) is 0 Å². The number of pyridine rings is 2. The number of ether oxygens (including phenoxy) is 1. The van der Waals surface area contributed by atoms with Gasteiger partial charge in [0.25, 0.3) is 0 Å². The van der Waals surface area contributed by atoms with Gasteiger partial charge >= 0.3 is 0 Å². The Morgan fingerprint density at radius 3 is 2.47 bits per heavy atom. The first-order valence-corrected chi connectivity index (χ1v) is 9.36. The summed E-state index contributed by atoms with van der Waals surface area (Å²) in [6.07, 6.45) is 8.18. The van der Waals surface area contributed by atoms with Crippen LogP contribution >= 0.6 is 0 Å². The maximum atomic E-state index is 11.5. The van der Waals surface area contributed by atoms with E-state index in [1.807, 2.05) is 47.0 Å². The van der Waals surface area contributed by atoms with Gasteiger partial charge in [0.05, 0.1) is 18.4 Å². The number of rotatable bonds is 4. The maximum absolute atomic E-state index is 11.5. The Hall–Kier alpha value is -4.26. The van der Waals surface area contributed by atoms with Gasteiger partial charge in [-0.05, 0) is 35.9 Å². The molecule has 5 aromatic rings. The first-order valence-electron chi connectivity index (χ1n) is 9.36. The molecule has 0 atom stereocenters. The predicted octanol–water partition coefficient (Wildman–Crippen LogP) is 3.77. The summed E-state index contributed by atoms with van der Waals surface area (Å²) in [5, 5.41) is 16.4. The number of methoxy groups -OCH3 is 1. The summed E-state index contributed by atoms with van der Waals surface area (Å²) in [5.74, 6) is 0.756. The summed E-state index contributed by atoms with van der Waals surface area (Å²) in [6.45, 7) is 0. The SMILES string of the molecule is COc1cccc(-c2c(-c3ccncc3)nn3c(-c4cc[n+]([O-])cc4)ccnc23)c1. The highest BCUT2D eigenvalue weighted by atomic mass is 16.5. The highest BCUT2D eigenvalue weighted by Gasteiger charge is 2.20. The number of hydrogen-bond acceptors (Lipinski definition) is 5. The highest BCUT2D eigenvalue weighted by molar-refractivity contribution is 5.91. The summed E-state index contributed by atoms with van der Waals surface area (Å²) < 4.78 is 8.00. The van der Waals surface area contributed by atoms with Crippen molar-refractivity contribution in [1.29, 1.82) is 0 Å². The first kappa shape index (κ1) is 17.8. The molecular weight excluding hydrogens is 378 g/mol. The van der Waals surface area contributed by atoms with Gasteiger partial charge in [0.15, 0.2) is 18.0 Å². The third-order valence-corrected chi connectivity index (χ3v) is 4.93. The number of nitrogens with zero attached hydrogens (tertiary/aromatic N) is 5. The van der Waals surface area contributed by atoms with E-state index in [1.54, 1.807) is 37.8 Å². The lowest BCUT2D eigenvalue weighted by atomic mass is 10.0. The zero-order valence-electron chi connectivity index (χ0n) is 16.1. The van der Waals surface area contributed by atoms with E-state index < -0.39 is 0 Å². The van der Waals surface area contributed by atoms with Crippen LogP contribution in [0.4, 0.5) is 0 Å². The number of benzene rings is 1. The minimum atomic E-state index is 0.714. The lowest BCUT2D eigenvalue weighted by molar-refractivity contribution is -0.605. The Morgan fingerprint density at radius 1 is 0.900 bits per heavy atom. The van der Waals surface area contributed by atoms with Crippen LogP contribution in [0.2, 0.25) is 0 Å². The number of aromatic nitrogens is 5. The Balaban J connectivity index is 1.82. The monoisotopic (exact) mass is 395 g/mol. The molecule has 0 saturated carbocycles. The van der Waals surface area contributed by atoms with Crippen molar-refractivity contribution >= 4 is 5.65 Å². The normalized spacial score (nSPS) is 11.0. The Morgan fingerprint density at radius 2 is 1.70 bits per heavy atom. The predicted molar refractivity (Wildman–Crippen MR) is 113 cm³/mol. The van der Waals surface area contributed by atoms with Crippen LogP contribution < -0.4 is 9.47 Å². The molecule has 0 saturated heterocycles. The van der Waals surface area contributed by atoms with Crippen molar-refractivity contribution in [2.45, 2.75) is 0 Å². The third-order valence-electron chi connectivity index (χ3n) is 4.93. The number of hydrogen-bond donors (Lipinski definition) is 0. The van der Waals surface area contributed by atoms with Crippen LogP contribution in [0.25, 0.3) is 39.3 Å². The molecule has 7 heteroatoms. The molecule has 0 amide bonds. The summed E-state index contributed by atoms with van der Waals surface area (Å²) in [4.78, 5) is 8.77. The molecule has 146 valence electrons. The van der Waals surface area contributed by atoms with E-state index >= 15 is 0 Å². The molecule has 0 aliphatic rings. The van der Waals surface area contributed by atoms with Crippen LogP contribution in [0, 0.1) is 5.21 Å². The van der Waals surface area contributed by atoms with Gasteiger partial charge in [-0.15, -0.1) is 0 Å². The van der Waals surface area contributed by atoms with Crippen molar-refractivity contribution in [1.82, 2.24) is 19.6 Å². The fraction of sp³-hybridized carbons (Fsp3) is 0.0435. The van der Waals surface area contributed by atoms with Crippen molar-refractivity contribution in [3.05, 3.63) is 90.8 Å². The smallest absolute Gasteiger partial charge is 0.181 e. The van der Waals surface area contributed by atoms with Crippen molar-refractivity contribution in [2.24, 2.45) is 0 Å². The molecule has 7 nitrogen and oxygen atoms in total. The van der Waals surface area contributed by atoms with E-state index in [2.05, 4.69) is 9.97 Å².